The molecule has 0 saturated heterocycles. The molecule has 0 aliphatic heterocycles. The third kappa shape index (κ3) is 5.51. The highest BCUT2D eigenvalue weighted by Crippen LogP contribution is 2.18. The number of rotatable bonds is 8. The number of ether oxygens (including phenoxy) is 1. The van der Waals surface area contributed by atoms with Crippen molar-refractivity contribution in [2.24, 2.45) is 0 Å². The van der Waals surface area contributed by atoms with Crippen LogP contribution in [0.3, 0.4) is 0 Å². The number of aryl methyl sites for hydroxylation is 1. The van der Waals surface area contributed by atoms with Crippen LogP contribution in [0.2, 0.25) is 0 Å². The van der Waals surface area contributed by atoms with Gasteiger partial charge in [-0.1, -0.05) is 36.4 Å². The first-order valence-electron chi connectivity index (χ1n) is 9.30. The Hall–Kier alpha value is -3.48. The van der Waals surface area contributed by atoms with Crippen LogP contribution in [0.1, 0.15) is 27.4 Å². The molecule has 0 fully saturated rings. The molecule has 1 amide bonds. The zero-order valence-electron chi connectivity index (χ0n) is 16.4. The van der Waals surface area contributed by atoms with Crippen LogP contribution in [0.5, 0.6) is 5.75 Å². The van der Waals surface area contributed by atoms with Crippen molar-refractivity contribution in [1.82, 2.24) is 15.3 Å². The molecule has 1 aromatic heterocycles. The van der Waals surface area contributed by atoms with Crippen LogP contribution in [-0.4, -0.2) is 29.5 Å². The van der Waals surface area contributed by atoms with Crippen LogP contribution in [-0.2, 0) is 13.0 Å². The van der Waals surface area contributed by atoms with Gasteiger partial charge in [-0.2, -0.15) is 0 Å². The highest BCUT2D eigenvalue weighted by Gasteiger charge is 2.11. The number of benzene rings is 2. The molecule has 0 aliphatic carbocycles. The number of carbonyl (C=O) groups is 1. The van der Waals surface area contributed by atoms with Crippen molar-refractivity contribution in [2.75, 3.05) is 19.0 Å². The maximum absolute atomic E-state index is 13.7. The second-order valence-electron chi connectivity index (χ2n) is 6.45. The summed E-state index contributed by atoms with van der Waals surface area (Å²) in [5.41, 5.74) is 1.73. The molecule has 0 spiro atoms. The molecule has 29 heavy (non-hydrogen) atoms. The van der Waals surface area contributed by atoms with Gasteiger partial charge in [0, 0.05) is 24.7 Å². The van der Waals surface area contributed by atoms with Crippen molar-refractivity contribution in [1.29, 1.82) is 0 Å². The van der Waals surface area contributed by atoms with Crippen LogP contribution in [0, 0.1) is 12.7 Å². The van der Waals surface area contributed by atoms with Gasteiger partial charge in [0.1, 0.15) is 28.9 Å². The van der Waals surface area contributed by atoms with Crippen molar-refractivity contribution in [3.8, 4) is 5.75 Å². The molecule has 0 unspecified atom stereocenters. The van der Waals surface area contributed by atoms with E-state index in [1.54, 1.807) is 38.3 Å². The maximum Gasteiger partial charge on any atom is 0.270 e. The number of nitrogens with zero attached hydrogens (tertiary/aromatic N) is 2. The Morgan fingerprint density at radius 1 is 1.07 bits per heavy atom. The van der Waals surface area contributed by atoms with Gasteiger partial charge in [-0.15, -0.1) is 0 Å². The molecular formula is C22H23FN4O2. The Bertz CT molecular complexity index is 994. The van der Waals surface area contributed by atoms with E-state index in [0.717, 1.165) is 17.7 Å². The fourth-order valence-corrected chi connectivity index (χ4v) is 2.92. The van der Waals surface area contributed by atoms with E-state index in [1.807, 2.05) is 24.3 Å². The van der Waals surface area contributed by atoms with Gasteiger partial charge in [-0.25, -0.2) is 14.4 Å². The molecule has 3 rings (SSSR count). The molecule has 150 valence electrons. The van der Waals surface area contributed by atoms with Gasteiger partial charge in [0.15, 0.2) is 0 Å². The van der Waals surface area contributed by atoms with E-state index in [4.69, 9.17) is 4.74 Å². The average Bonchev–Trinajstić information content (AvgIpc) is 2.73. The summed E-state index contributed by atoms with van der Waals surface area (Å²) in [6.45, 7) is 2.43. The van der Waals surface area contributed by atoms with E-state index in [1.165, 1.54) is 6.07 Å². The number of amides is 1. The van der Waals surface area contributed by atoms with Gasteiger partial charge < -0.3 is 15.4 Å². The summed E-state index contributed by atoms with van der Waals surface area (Å²) in [6.07, 6.45) is 0.738. The quantitative estimate of drug-likeness (QED) is 0.611. The van der Waals surface area contributed by atoms with E-state index in [9.17, 15) is 9.18 Å². The van der Waals surface area contributed by atoms with E-state index in [2.05, 4.69) is 20.6 Å². The molecule has 0 aliphatic rings. The van der Waals surface area contributed by atoms with Crippen LogP contribution in [0.15, 0.2) is 54.6 Å². The largest absolute Gasteiger partial charge is 0.496 e. The minimum atomic E-state index is -0.383. The first-order chi connectivity index (χ1) is 14.1. The molecule has 6 nitrogen and oxygen atoms in total. The predicted octanol–water partition coefficient (Wildman–Crippen LogP) is 3.52. The molecule has 2 N–H and O–H groups in total. The zero-order valence-corrected chi connectivity index (χ0v) is 16.4. The molecule has 3 aromatic rings. The minimum absolute atomic E-state index is 0.0884. The predicted molar refractivity (Wildman–Crippen MR) is 110 cm³/mol. The standard InChI is InChI=1S/C22H23FN4O2/c1-15-26-19(22(28)25-14-17-8-3-5-9-18(17)23)13-21(27-15)24-12-11-16-7-4-6-10-20(16)29-2/h3-10,13H,11-12,14H2,1-2H3,(H,25,28)(H,24,26,27). The van der Waals surface area contributed by atoms with E-state index in [-0.39, 0.29) is 24.0 Å². The average molecular weight is 394 g/mol. The maximum atomic E-state index is 13.7. The topological polar surface area (TPSA) is 76.1 Å². The molecule has 0 bridgehead atoms. The summed E-state index contributed by atoms with van der Waals surface area (Å²) in [5, 5.41) is 5.91. The lowest BCUT2D eigenvalue weighted by atomic mass is 10.1. The summed E-state index contributed by atoms with van der Waals surface area (Å²) in [4.78, 5) is 21.0. The monoisotopic (exact) mass is 394 g/mol. The van der Waals surface area contributed by atoms with Crippen LogP contribution in [0.25, 0.3) is 0 Å². The van der Waals surface area contributed by atoms with E-state index in [0.29, 0.717) is 23.8 Å². The highest BCUT2D eigenvalue weighted by atomic mass is 19.1. The number of carbonyl (C=O) groups excluding carboxylic acids is 1. The van der Waals surface area contributed by atoms with Crippen LogP contribution < -0.4 is 15.4 Å². The Morgan fingerprint density at radius 3 is 2.55 bits per heavy atom. The second-order valence-corrected chi connectivity index (χ2v) is 6.45. The van der Waals surface area contributed by atoms with Gasteiger partial charge in [-0.05, 0) is 31.0 Å². The molecule has 1 heterocycles. The number of halogens is 1. The Kier molecular flexibility index (Phi) is 6.73. The first-order valence-corrected chi connectivity index (χ1v) is 9.30. The summed E-state index contributed by atoms with van der Waals surface area (Å²) in [5.74, 6) is 1.13. The number of aromatic nitrogens is 2. The normalized spacial score (nSPS) is 10.4. The summed E-state index contributed by atoms with van der Waals surface area (Å²) >= 11 is 0. The number of para-hydroxylation sites is 1. The SMILES string of the molecule is COc1ccccc1CCNc1cc(C(=O)NCc2ccccc2F)nc(C)n1. The Morgan fingerprint density at radius 2 is 1.79 bits per heavy atom. The van der Waals surface area contributed by atoms with Crippen molar-refractivity contribution in [3.05, 3.63) is 83.1 Å². The molecule has 2 aromatic carbocycles. The van der Waals surface area contributed by atoms with E-state index >= 15 is 0 Å². The molecular weight excluding hydrogens is 371 g/mol. The lowest BCUT2D eigenvalue weighted by Gasteiger charge is -2.11. The van der Waals surface area contributed by atoms with Crippen molar-refractivity contribution >= 4 is 11.7 Å². The summed E-state index contributed by atoms with van der Waals surface area (Å²) in [6, 6.07) is 15.7. The van der Waals surface area contributed by atoms with Crippen LogP contribution in [0.4, 0.5) is 10.2 Å². The van der Waals surface area contributed by atoms with Crippen molar-refractivity contribution in [3.63, 3.8) is 0 Å². The van der Waals surface area contributed by atoms with E-state index < -0.39 is 0 Å². The van der Waals surface area contributed by atoms with Gasteiger partial charge in [0.05, 0.1) is 7.11 Å². The minimum Gasteiger partial charge on any atom is -0.496 e. The molecule has 7 heteroatoms. The first kappa shape index (κ1) is 20.3. The summed E-state index contributed by atoms with van der Waals surface area (Å²) < 4.78 is 19.1. The summed E-state index contributed by atoms with van der Waals surface area (Å²) in [7, 11) is 1.65. The van der Waals surface area contributed by atoms with Gasteiger partial charge >= 0.3 is 0 Å². The Labute approximate surface area is 169 Å². The highest BCUT2D eigenvalue weighted by molar-refractivity contribution is 5.92. The number of methoxy groups -OCH3 is 1. The fraction of sp³-hybridized carbons (Fsp3) is 0.227. The molecule has 0 atom stereocenters. The lowest BCUT2D eigenvalue weighted by Crippen LogP contribution is -2.25. The zero-order chi connectivity index (χ0) is 20.6. The molecule has 0 saturated carbocycles. The number of anilines is 1. The van der Waals surface area contributed by atoms with Crippen LogP contribution >= 0.6 is 0 Å². The van der Waals surface area contributed by atoms with Crippen molar-refractivity contribution in [2.45, 2.75) is 19.9 Å². The van der Waals surface area contributed by atoms with Gasteiger partial charge in [-0.3, -0.25) is 4.79 Å². The number of hydrogen-bond acceptors (Lipinski definition) is 5. The third-order valence-corrected chi connectivity index (χ3v) is 4.36. The smallest absolute Gasteiger partial charge is 0.270 e. The fourth-order valence-electron chi connectivity index (χ4n) is 2.92. The molecule has 0 radical (unpaired) electrons. The number of nitrogens with one attached hydrogen (secondary N) is 2. The number of hydrogen-bond donors (Lipinski definition) is 2. The third-order valence-electron chi connectivity index (χ3n) is 4.36. The van der Waals surface area contributed by atoms with Crippen molar-refractivity contribution < 1.29 is 13.9 Å². The lowest BCUT2D eigenvalue weighted by molar-refractivity contribution is 0.0945. The van der Waals surface area contributed by atoms with Gasteiger partial charge in [0.25, 0.3) is 5.91 Å². The second kappa shape index (κ2) is 9.64. The Balaban J connectivity index is 1.61. The van der Waals surface area contributed by atoms with Gasteiger partial charge in [0.2, 0.25) is 0 Å².